The molecule has 0 aliphatic rings. The Morgan fingerprint density at radius 2 is 2.00 bits per heavy atom. The van der Waals surface area contributed by atoms with Gasteiger partial charge in [-0.25, -0.2) is 0 Å². The second-order valence-corrected chi connectivity index (χ2v) is 3.99. The molecular formula is C11H11F3N4O. The quantitative estimate of drug-likeness (QED) is 0.853. The van der Waals surface area contributed by atoms with Crippen molar-refractivity contribution in [1.29, 1.82) is 0 Å². The standard InChI is InChI=1S/C11H11F3N4O/c1-18(6-8-4-2-3-5-15-8)7-9-16-17-10(19-9)11(12,13)14/h2-5H,6-7H2,1H3. The van der Waals surface area contributed by atoms with Crippen molar-refractivity contribution in [3.63, 3.8) is 0 Å². The first-order chi connectivity index (χ1) is 8.95. The van der Waals surface area contributed by atoms with Crippen molar-refractivity contribution >= 4 is 0 Å². The van der Waals surface area contributed by atoms with E-state index >= 15 is 0 Å². The maximum Gasteiger partial charge on any atom is 0.470 e. The van der Waals surface area contributed by atoms with Crippen molar-refractivity contribution in [3.05, 3.63) is 41.9 Å². The zero-order chi connectivity index (χ0) is 13.9. The first kappa shape index (κ1) is 13.5. The molecule has 0 saturated carbocycles. The third-order valence-electron chi connectivity index (χ3n) is 2.27. The van der Waals surface area contributed by atoms with Crippen molar-refractivity contribution in [1.82, 2.24) is 20.1 Å². The van der Waals surface area contributed by atoms with Crippen LogP contribution < -0.4 is 0 Å². The smallest absolute Gasteiger partial charge is 0.416 e. The molecule has 0 fully saturated rings. The van der Waals surface area contributed by atoms with Gasteiger partial charge in [0.15, 0.2) is 0 Å². The molecule has 2 heterocycles. The molecule has 0 bridgehead atoms. The number of aromatic nitrogens is 3. The van der Waals surface area contributed by atoms with E-state index in [4.69, 9.17) is 0 Å². The third-order valence-corrected chi connectivity index (χ3v) is 2.27. The number of rotatable bonds is 4. The second-order valence-electron chi connectivity index (χ2n) is 3.99. The van der Waals surface area contributed by atoms with Gasteiger partial charge in [-0.1, -0.05) is 6.07 Å². The van der Waals surface area contributed by atoms with Gasteiger partial charge < -0.3 is 4.42 Å². The molecule has 5 nitrogen and oxygen atoms in total. The van der Waals surface area contributed by atoms with Gasteiger partial charge in [-0.2, -0.15) is 13.2 Å². The minimum atomic E-state index is -4.61. The molecule has 0 spiro atoms. The minimum absolute atomic E-state index is 0.0780. The van der Waals surface area contributed by atoms with Crippen molar-refractivity contribution in [3.8, 4) is 0 Å². The Kier molecular flexibility index (Phi) is 3.79. The molecule has 2 aromatic heterocycles. The summed E-state index contributed by atoms with van der Waals surface area (Å²) in [5.41, 5.74) is 0.806. The van der Waals surface area contributed by atoms with Crippen molar-refractivity contribution in [2.75, 3.05) is 7.05 Å². The molecule has 0 saturated heterocycles. The Hall–Kier alpha value is -1.96. The summed E-state index contributed by atoms with van der Waals surface area (Å²) in [6, 6.07) is 5.45. The summed E-state index contributed by atoms with van der Waals surface area (Å²) < 4.78 is 41.3. The molecule has 102 valence electrons. The molecule has 2 rings (SSSR count). The van der Waals surface area contributed by atoms with Crippen molar-refractivity contribution in [2.45, 2.75) is 19.3 Å². The topological polar surface area (TPSA) is 55.1 Å². The molecule has 8 heteroatoms. The monoisotopic (exact) mass is 272 g/mol. The number of hydrogen-bond acceptors (Lipinski definition) is 5. The van der Waals surface area contributed by atoms with E-state index in [2.05, 4.69) is 19.6 Å². The fourth-order valence-electron chi connectivity index (χ4n) is 1.49. The summed E-state index contributed by atoms with van der Waals surface area (Å²) in [6.07, 6.45) is -2.96. The van der Waals surface area contributed by atoms with Crippen LogP contribution in [0.3, 0.4) is 0 Å². The van der Waals surface area contributed by atoms with E-state index in [-0.39, 0.29) is 12.4 Å². The van der Waals surface area contributed by atoms with Crippen molar-refractivity contribution < 1.29 is 17.6 Å². The molecule has 0 aromatic carbocycles. The fourth-order valence-corrected chi connectivity index (χ4v) is 1.49. The summed E-state index contributed by atoms with van der Waals surface area (Å²) >= 11 is 0. The third kappa shape index (κ3) is 3.75. The van der Waals surface area contributed by atoms with Gasteiger partial charge in [0.25, 0.3) is 0 Å². The Morgan fingerprint density at radius 1 is 1.21 bits per heavy atom. The van der Waals surface area contributed by atoms with E-state index in [1.165, 1.54) is 0 Å². The van der Waals surface area contributed by atoms with Gasteiger partial charge >= 0.3 is 12.1 Å². The van der Waals surface area contributed by atoms with E-state index in [0.29, 0.717) is 6.54 Å². The lowest BCUT2D eigenvalue weighted by Gasteiger charge is -2.13. The highest BCUT2D eigenvalue weighted by Gasteiger charge is 2.38. The van der Waals surface area contributed by atoms with E-state index in [1.54, 1.807) is 24.2 Å². The maximum absolute atomic E-state index is 12.3. The average molecular weight is 272 g/mol. The van der Waals surface area contributed by atoms with Crippen LogP contribution in [0.15, 0.2) is 28.8 Å². The molecule has 2 aromatic rings. The normalized spacial score (nSPS) is 12.1. The van der Waals surface area contributed by atoms with Crippen LogP contribution >= 0.6 is 0 Å². The van der Waals surface area contributed by atoms with Gasteiger partial charge in [0.05, 0.1) is 12.2 Å². The molecule has 19 heavy (non-hydrogen) atoms. The number of nitrogens with zero attached hydrogens (tertiary/aromatic N) is 4. The molecule has 0 amide bonds. The van der Waals surface area contributed by atoms with Crippen LogP contribution in [-0.4, -0.2) is 27.1 Å². The first-order valence-electron chi connectivity index (χ1n) is 5.43. The van der Waals surface area contributed by atoms with Gasteiger partial charge in [0.1, 0.15) is 0 Å². The molecule has 0 atom stereocenters. The van der Waals surface area contributed by atoms with Gasteiger partial charge in [0, 0.05) is 12.7 Å². The molecule has 0 aliphatic heterocycles. The highest BCUT2D eigenvalue weighted by atomic mass is 19.4. The maximum atomic E-state index is 12.3. The number of hydrogen-bond donors (Lipinski definition) is 0. The number of alkyl halides is 3. The van der Waals surface area contributed by atoms with Crippen LogP contribution in [0, 0.1) is 0 Å². The highest BCUT2D eigenvalue weighted by Crippen LogP contribution is 2.27. The lowest BCUT2D eigenvalue weighted by molar-refractivity contribution is -0.157. The molecule has 0 N–H and O–H groups in total. The zero-order valence-corrected chi connectivity index (χ0v) is 10.1. The molecule has 0 radical (unpaired) electrons. The van der Waals surface area contributed by atoms with Crippen LogP contribution in [0.25, 0.3) is 0 Å². The first-order valence-corrected chi connectivity index (χ1v) is 5.43. The Labute approximate surface area is 107 Å². The van der Waals surface area contributed by atoms with Crippen LogP contribution in [0.5, 0.6) is 0 Å². The van der Waals surface area contributed by atoms with Crippen LogP contribution in [-0.2, 0) is 19.3 Å². The predicted molar refractivity (Wildman–Crippen MR) is 58.7 cm³/mol. The summed E-state index contributed by atoms with van der Waals surface area (Å²) in [6.45, 7) is 0.601. The Morgan fingerprint density at radius 3 is 2.58 bits per heavy atom. The van der Waals surface area contributed by atoms with Crippen LogP contribution in [0.2, 0.25) is 0 Å². The van der Waals surface area contributed by atoms with Crippen LogP contribution in [0.4, 0.5) is 13.2 Å². The van der Waals surface area contributed by atoms with Crippen molar-refractivity contribution in [2.24, 2.45) is 0 Å². The lowest BCUT2D eigenvalue weighted by Crippen LogP contribution is -2.18. The molecular weight excluding hydrogens is 261 g/mol. The van der Waals surface area contributed by atoms with E-state index in [0.717, 1.165) is 5.69 Å². The van der Waals surface area contributed by atoms with E-state index < -0.39 is 12.1 Å². The summed E-state index contributed by atoms with van der Waals surface area (Å²) in [7, 11) is 1.73. The van der Waals surface area contributed by atoms with Crippen LogP contribution in [0.1, 0.15) is 17.5 Å². The SMILES string of the molecule is CN(Cc1ccccn1)Cc1nnc(C(F)(F)F)o1. The van der Waals surface area contributed by atoms with E-state index in [9.17, 15) is 13.2 Å². The zero-order valence-electron chi connectivity index (χ0n) is 10.1. The minimum Gasteiger partial charge on any atom is -0.416 e. The van der Waals surface area contributed by atoms with Gasteiger partial charge in [-0.15, -0.1) is 10.2 Å². The Balaban J connectivity index is 1.96. The summed E-state index contributed by atoms with van der Waals surface area (Å²) in [4.78, 5) is 5.85. The van der Waals surface area contributed by atoms with E-state index in [1.807, 2.05) is 12.1 Å². The fraction of sp³-hybridized carbons (Fsp3) is 0.364. The summed E-state index contributed by atoms with van der Waals surface area (Å²) in [5, 5.41) is 6.33. The average Bonchev–Trinajstić information content (AvgIpc) is 2.78. The van der Waals surface area contributed by atoms with Gasteiger partial charge in [-0.3, -0.25) is 9.88 Å². The molecule has 0 aliphatic carbocycles. The predicted octanol–water partition coefficient (Wildman–Crippen LogP) is 2.12. The van der Waals surface area contributed by atoms with Gasteiger partial charge in [-0.05, 0) is 19.2 Å². The second kappa shape index (κ2) is 5.35. The summed E-state index contributed by atoms with van der Waals surface area (Å²) in [5.74, 6) is -1.40. The number of pyridine rings is 1. The van der Waals surface area contributed by atoms with Gasteiger partial charge in [0.2, 0.25) is 5.89 Å². The number of halogens is 3. The lowest BCUT2D eigenvalue weighted by atomic mass is 10.3. The Bertz CT molecular complexity index is 526. The molecule has 0 unspecified atom stereocenters. The largest absolute Gasteiger partial charge is 0.470 e. The highest BCUT2D eigenvalue weighted by molar-refractivity contribution is 5.03.